The number of aliphatic hydroxyl groups is 1. The summed E-state index contributed by atoms with van der Waals surface area (Å²) < 4.78 is 42.7. The molecule has 11 heteroatoms. The van der Waals surface area contributed by atoms with Gasteiger partial charge in [-0.15, -0.1) is 0 Å². The van der Waals surface area contributed by atoms with Gasteiger partial charge in [0.1, 0.15) is 24.2 Å². The van der Waals surface area contributed by atoms with Crippen molar-refractivity contribution < 1.29 is 47.9 Å². The van der Waals surface area contributed by atoms with Gasteiger partial charge in [0, 0.05) is 51.6 Å². The van der Waals surface area contributed by atoms with E-state index in [4.69, 9.17) is 33.2 Å². The monoisotopic (exact) mass is 709 g/mol. The number of rotatable bonds is 18. The third-order valence-electron chi connectivity index (χ3n) is 9.42. The number of allylic oxidation sites excluding steroid dienone is 2. The summed E-state index contributed by atoms with van der Waals surface area (Å²) in [6.07, 6.45) is 10.2. The van der Waals surface area contributed by atoms with Crippen molar-refractivity contribution >= 4 is 11.9 Å². The zero-order valence-electron chi connectivity index (χ0n) is 30.1. The Morgan fingerprint density at radius 3 is 2.31 bits per heavy atom. The zero-order chi connectivity index (χ0) is 35.8. The first-order chi connectivity index (χ1) is 24.9. The molecule has 2 aliphatic heterocycles. The summed E-state index contributed by atoms with van der Waals surface area (Å²) in [5.41, 5.74) is 0.532. The average molecular weight is 710 g/mol. The van der Waals surface area contributed by atoms with Crippen molar-refractivity contribution in [2.75, 3.05) is 40.5 Å². The third kappa shape index (κ3) is 12.7. The average Bonchev–Trinajstić information content (AvgIpc) is 3.44. The Bertz CT molecular complexity index is 1340. The Balaban J connectivity index is 1.14. The van der Waals surface area contributed by atoms with Crippen LogP contribution in [0, 0.1) is 5.92 Å². The van der Waals surface area contributed by atoms with Gasteiger partial charge in [-0.05, 0) is 94.2 Å². The molecule has 51 heavy (non-hydrogen) atoms. The van der Waals surface area contributed by atoms with E-state index < -0.39 is 6.10 Å². The van der Waals surface area contributed by atoms with Gasteiger partial charge in [0.05, 0.1) is 24.9 Å². The molecule has 0 bridgehead atoms. The SMILES string of the molecule is CN(C)C(=O)c1ccc(OC(=O)CCC/C=C\C[C@@H]2[C@H](OCC(COc3ccccc3)OC3CCCCO3)[C@@H](OC3CCCCO3)C[C@H]2O)cc1. The van der Waals surface area contributed by atoms with Crippen molar-refractivity contribution in [2.45, 2.75) is 108 Å². The van der Waals surface area contributed by atoms with E-state index in [0.717, 1.165) is 44.3 Å². The summed E-state index contributed by atoms with van der Waals surface area (Å²) in [4.78, 5) is 26.0. The molecule has 2 saturated heterocycles. The normalized spacial score (nSPS) is 25.8. The Morgan fingerprint density at radius 2 is 1.63 bits per heavy atom. The summed E-state index contributed by atoms with van der Waals surface area (Å²) in [7, 11) is 3.38. The largest absolute Gasteiger partial charge is 0.491 e. The molecule has 2 aromatic rings. The second-order valence-electron chi connectivity index (χ2n) is 13.7. The first-order valence-corrected chi connectivity index (χ1v) is 18.5. The van der Waals surface area contributed by atoms with Gasteiger partial charge in [-0.1, -0.05) is 30.4 Å². The number of benzene rings is 2. The number of aliphatic hydroxyl groups excluding tert-OH is 1. The molecule has 3 fully saturated rings. The van der Waals surface area contributed by atoms with Gasteiger partial charge in [0.2, 0.25) is 0 Å². The lowest BCUT2D eigenvalue weighted by Gasteiger charge is -2.32. The maximum absolute atomic E-state index is 12.4. The van der Waals surface area contributed by atoms with Gasteiger partial charge in [-0.2, -0.15) is 0 Å². The van der Waals surface area contributed by atoms with Crippen LogP contribution in [0.25, 0.3) is 0 Å². The maximum Gasteiger partial charge on any atom is 0.311 e. The van der Waals surface area contributed by atoms with E-state index in [1.165, 1.54) is 4.90 Å². The summed E-state index contributed by atoms with van der Waals surface area (Å²) in [5, 5.41) is 11.2. The fourth-order valence-electron chi connectivity index (χ4n) is 6.64. The number of carbonyl (C=O) groups is 2. The number of esters is 1. The minimum absolute atomic E-state index is 0.111. The van der Waals surface area contributed by atoms with E-state index in [0.29, 0.717) is 56.8 Å². The fourth-order valence-corrected chi connectivity index (χ4v) is 6.64. The Morgan fingerprint density at radius 1 is 0.902 bits per heavy atom. The highest BCUT2D eigenvalue weighted by atomic mass is 16.7. The van der Waals surface area contributed by atoms with Gasteiger partial charge in [-0.3, -0.25) is 9.59 Å². The first kappa shape index (κ1) is 38.9. The number of ether oxygens (including phenoxy) is 7. The highest BCUT2D eigenvalue weighted by molar-refractivity contribution is 5.94. The highest BCUT2D eigenvalue weighted by Crippen LogP contribution is 2.36. The standard InChI is InChI=1S/C40H55NO10/c1-41(2)40(44)29-20-22-31(23-21-29)49-36(43)17-9-4-3-8-16-33-34(42)26-35(51-38-19-11-13-25-46-38)39(33)48-28-32(50-37-18-10-12-24-45-37)27-47-30-14-6-5-7-15-30/h3,5-8,14-15,20-23,32-35,37-39,42H,4,9-13,16-19,24-28H2,1-2H3/b8-3-/t32?,33-,34+,35-,37?,38?,39-/m0/s1. The molecule has 7 atom stereocenters. The number of hydrogen-bond donors (Lipinski definition) is 1. The lowest BCUT2D eigenvalue weighted by atomic mass is 9.98. The van der Waals surface area contributed by atoms with Crippen molar-refractivity contribution in [1.29, 1.82) is 0 Å². The van der Waals surface area contributed by atoms with Crippen molar-refractivity contribution in [3.8, 4) is 11.5 Å². The molecule has 11 nitrogen and oxygen atoms in total. The van der Waals surface area contributed by atoms with E-state index >= 15 is 0 Å². The van der Waals surface area contributed by atoms with Crippen LogP contribution >= 0.6 is 0 Å². The summed E-state index contributed by atoms with van der Waals surface area (Å²) >= 11 is 0. The quantitative estimate of drug-likeness (QED) is 0.0844. The van der Waals surface area contributed by atoms with Gasteiger partial charge >= 0.3 is 5.97 Å². The molecular formula is C40H55NO10. The van der Waals surface area contributed by atoms with E-state index in [-0.39, 0.29) is 61.7 Å². The molecule has 3 aliphatic rings. The van der Waals surface area contributed by atoms with Gasteiger partial charge in [0.25, 0.3) is 5.91 Å². The summed E-state index contributed by atoms with van der Waals surface area (Å²) in [5.74, 6) is 0.536. The van der Waals surface area contributed by atoms with Crippen LogP contribution in [0.5, 0.6) is 11.5 Å². The second kappa shape index (κ2) is 20.7. The number of carbonyl (C=O) groups excluding carboxylic acids is 2. The van der Waals surface area contributed by atoms with Crippen LogP contribution in [0.2, 0.25) is 0 Å². The van der Waals surface area contributed by atoms with Gasteiger partial charge in [0.15, 0.2) is 12.6 Å². The Labute approximate surface area is 302 Å². The minimum Gasteiger partial charge on any atom is -0.491 e. The van der Waals surface area contributed by atoms with Crippen LogP contribution in [0.1, 0.15) is 81.0 Å². The second-order valence-corrected chi connectivity index (χ2v) is 13.7. The lowest BCUT2D eigenvalue weighted by molar-refractivity contribution is -0.226. The lowest BCUT2D eigenvalue weighted by Crippen LogP contribution is -2.40. The highest BCUT2D eigenvalue weighted by Gasteiger charge is 2.45. The van der Waals surface area contributed by atoms with Crippen LogP contribution in [-0.2, 0) is 28.5 Å². The first-order valence-electron chi connectivity index (χ1n) is 18.5. The van der Waals surface area contributed by atoms with Crippen LogP contribution < -0.4 is 9.47 Å². The van der Waals surface area contributed by atoms with Crippen LogP contribution in [-0.4, -0.2) is 99.4 Å². The van der Waals surface area contributed by atoms with Crippen molar-refractivity contribution in [2.24, 2.45) is 5.92 Å². The number of amides is 1. The number of nitrogens with zero attached hydrogens (tertiary/aromatic N) is 1. The molecule has 2 aromatic carbocycles. The van der Waals surface area contributed by atoms with Crippen LogP contribution in [0.4, 0.5) is 0 Å². The van der Waals surface area contributed by atoms with Crippen molar-refractivity contribution in [1.82, 2.24) is 4.90 Å². The zero-order valence-corrected chi connectivity index (χ0v) is 30.1. The topological polar surface area (TPSA) is 122 Å². The van der Waals surface area contributed by atoms with E-state index in [1.54, 1.807) is 38.4 Å². The number of para-hydroxylation sites is 1. The molecule has 5 rings (SSSR count). The van der Waals surface area contributed by atoms with E-state index in [9.17, 15) is 14.7 Å². The summed E-state index contributed by atoms with van der Waals surface area (Å²) in [6.45, 7) is 1.90. The molecule has 2 heterocycles. The Kier molecular flexibility index (Phi) is 15.8. The Hall–Kier alpha value is -3.32. The van der Waals surface area contributed by atoms with Crippen LogP contribution in [0.3, 0.4) is 0 Å². The molecule has 3 unspecified atom stereocenters. The summed E-state index contributed by atoms with van der Waals surface area (Å²) in [6, 6.07) is 16.2. The molecule has 1 amide bonds. The predicted octanol–water partition coefficient (Wildman–Crippen LogP) is 6.08. The molecule has 0 radical (unpaired) electrons. The molecule has 1 aliphatic carbocycles. The van der Waals surface area contributed by atoms with Crippen LogP contribution in [0.15, 0.2) is 66.7 Å². The molecule has 280 valence electrons. The van der Waals surface area contributed by atoms with Gasteiger partial charge < -0.3 is 43.2 Å². The van der Waals surface area contributed by atoms with E-state index in [2.05, 4.69) is 6.08 Å². The molecule has 1 saturated carbocycles. The van der Waals surface area contributed by atoms with E-state index in [1.807, 2.05) is 36.4 Å². The molecule has 1 N–H and O–H groups in total. The predicted molar refractivity (Wildman–Crippen MR) is 190 cm³/mol. The molecule has 0 spiro atoms. The molecular weight excluding hydrogens is 654 g/mol. The fraction of sp³-hybridized carbons (Fsp3) is 0.600. The number of unbranched alkanes of at least 4 members (excludes halogenated alkanes) is 1. The van der Waals surface area contributed by atoms with Crippen molar-refractivity contribution in [3.05, 3.63) is 72.3 Å². The van der Waals surface area contributed by atoms with Gasteiger partial charge in [-0.25, -0.2) is 0 Å². The third-order valence-corrected chi connectivity index (χ3v) is 9.42. The van der Waals surface area contributed by atoms with Crippen molar-refractivity contribution in [3.63, 3.8) is 0 Å². The maximum atomic E-state index is 12.4. The smallest absolute Gasteiger partial charge is 0.311 e. The minimum atomic E-state index is -0.607. The number of hydrogen-bond acceptors (Lipinski definition) is 10. The molecule has 0 aromatic heterocycles.